The number of amides is 2. The molecule has 3 N–H and O–H groups in total. The van der Waals surface area contributed by atoms with Crippen LogP contribution in [-0.4, -0.2) is 52.4 Å². The highest BCUT2D eigenvalue weighted by molar-refractivity contribution is 5.97. The van der Waals surface area contributed by atoms with Crippen LogP contribution < -0.4 is 10.6 Å². The maximum Gasteiger partial charge on any atom is 0.270 e. The molecule has 0 aliphatic heterocycles. The van der Waals surface area contributed by atoms with Crippen molar-refractivity contribution >= 4 is 11.8 Å². The monoisotopic (exact) mass is 444 g/mol. The molecule has 0 radical (unpaired) electrons. The summed E-state index contributed by atoms with van der Waals surface area (Å²) in [5.41, 5.74) is 3.23. The summed E-state index contributed by atoms with van der Waals surface area (Å²) in [7, 11) is 0. The Morgan fingerprint density at radius 2 is 1.76 bits per heavy atom. The fraction of sp³-hybridized carbons (Fsp3) is 0.190. The van der Waals surface area contributed by atoms with Crippen molar-refractivity contribution in [2.24, 2.45) is 0 Å². The molecule has 33 heavy (non-hydrogen) atoms. The van der Waals surface area contributed by atoms with Crippen molar-refractivity contribution in [2.75, 3.05) is 0 Å². The lowest BCUT2D eigenvalue weighted by molar-refractivity contribution is 0.0934. The Balaban J connectivity index is 1.37. The highest BCUT2D eigenvalue weighted by atomic mass is 16.2. The number of nitrogens with zero attached hydrogens (tertiary/aromatic N) is 7. The van der Waals surface area contributed by atoms with Gasteiger partial charge in [-0.15, -0.1) is 10.2 Å². The maximum absolute atomic E-state index is 12.7. The summed E-state index contributed by atoms with van der Waals surface area (Å²) in [6.07, 6.45) is 4.39. The third kappa shape index (κ3) is 5.36. The van der Waals surface area contributed by atoms with E-state index >= 15 is 0 Å². The van der Waals surface area contributed by atoms with Crippen LogP contribution in [0.5, 0.6) is 0 Å². The van der Waals surface area contributed by atoms with Gasteiger partial charge in [0, 0.05) is 17.8 Å². The first kappa shape index (κ1) is 21.6. The van der Waals surface area contributed by atoms with E-state index in [-0.39, 0.29) is 24.0 Å². The van der Waals surface area contributed by atoms with Gasteiger partial charge in [0.15, 0.2) is 0 Å². The molecule has 0 spiro atoms. The molecule has 4 aromatic rings. The van der Waals surface area contributed by atoms with Crippen molar-refractivity contribution in [1.82, 2.24) is 51.2 Å². The molecule has 0 bridgehead atoms. The Kier molecular flexibility index (Phi) is 6.34. The molecule has 12 heteroatoms. The summed E-state index contributed by atoms with van der Waals surface area (Å²) >= 11 is 0. The molecule has 0 saturated carbocycles. The number of nitrogens with one attached hydrogen (secondary N) is 3. The molecule has 0 aliphatic rings. The van der Waals surface area contributed by atoms with Gasteiger partial charge in [0.1, 0.15) is 17.7 Å². The molecule has 4 rings (SSSR count). The summed E-state index contributed by atoms with van der Waals surface area (Å²) in [6, 6.07) is 8.46. The van der Waals surface area contributed by atoms with Gasteiger partial charge in [0.05, 0.1) is 30.2 Å². The van der Waals surface area contributed by atoms with Crippen molar-refractivity contribution in [3.05, 3.63) is 77.4 Å². The number of H-pyrrole nitrogens is 1. The largest absolute Gasteiger partial charge is 0.345 e. The first-order valence-electron chi connectivity index (χ1n) is 10.0. The first-order valence-corrected chi connectivity index (χ1v) is 10.0. The number of rotatable bonds is 7. The van der Waals surface area contributed by atoms with Gasteiger partial charge in [-0.25, -0.2) is 9.97 Å². The molecule has 166 valence electrons. The molecule has 1 atom stereocenters. The zero-order valence-corrected chi connectivity index (χ0v) is 17.9. The molecule has 3 aromatic heterocycles. The first-order chi connectivity index (χ1) is 16.0. The normalized spacial score (nSPS) is 11.6. The van der Waals surface area contributed by atoms with E-state index in [0.29, 0.717) is 11.5 Å². The van der Waals surface area contributed by atoms with Crippen molar-refractivity contribution < 1.29 is 9.59 Å². The third-order valence-electron chi connectivity index (χ3n) is 4.76. The van der Waals surface area contributed by atoms with Gasteiger partial charge in [-0.2, -0.15) is 5.21 Å². The number of tetrazole rings is 1. The summed E-state index contributed by atoms with van der Waals surface area (Å²) in [4.78, 5) is 41.4. The zero-order valence-electron chi connectivity index (χ0n) is 17.9. The molecular weight excluding hydrogens is 424 g/mol. The molecule has 2 amide bonds. The van der Waals surface area contributed by atoms with E-state index in [1.165, 1.54) is 12.4 Å². The molecule has 3 heterocycles. The van der Waals surface area contributed by atoms with E-state index in [1.807, 2.05) is 38.1 Å². The van der Waals surface area contributed by atoms with Gasteiger partial charge in [0.25, 0.3) is 11.8 Å². The summed E-state index contributed by atoms with van der Waals surface area (Å²) in [6.45, 7) is 3.86. The topological polar surface area (TPSA) is 164 Å². The van der Waals surface area contributed by atoms with E-state index in [0.717, 1.165) is 16.8 Å². The molecule has 0 aliphatic carbocycles. The van der Waals surface area contributed by atoms with E-state index in [1.54, 1.807) is 12.4 Å². The van der Waals surface area contributed by atoms with E-state index in [9.17, 15) is 9.59 Å². The van der Waals surface area contributed by atoms with Gasteiger partial charge >= 0.3 is 0 Å². The predicted octanol–water partition coefficient (Wildman–Crippen LogP) is 1.18. The fourth-order valence-corrected chi connectivity index (χ4v) is 2.94. The summed E-state index contributed by atoms with van der Waals surface area (Å²) in [5, 5.41) is 19.4. The van der Waals surface area contributed by atoms with Crippen LogP contribution in [-0.2, 0) is 6.54 Å². The van der Waals surface area contributed by atoms with Crippen LogP contribution in [0, 0.1) is 6.92 Å². The minimum atomic E-state index is -0.445. The van der Waals surface area contributed by atoms with Crippen molar-refractivity contribution in [2.45, 2.75) is 26.4 Å². The molecule has 0 saturated heterocycles. The van der Waals surface area contributed by atoms with Gasteiger partial charge in [-0.05, 0) is 24.6 Å². The number of hydrogen-bond acceptors (Lipinski definition) is 9. The number of aromatic amines is 1. The standard InChI is InChI=1S/C21H20N10O2/c1-12-8-23-16(9-22-12)10-24-20(32)17-7-18(26-11-25-17)21(33)27-13(2)14-3-5-15(6-4-14)19-28-30-31-29-19/h3-9,11,13H,10H2,1-2H3,(H,24,32)(H,27,33)(H,28,29,30,31)/t13-/m0/s1. The SMILES string of the molecule is Cc1cnc(CNC(=O)c2cc(C(=O)N[C@@H](C)c3ccc(-c4nn[nH]n4)cc3)ncn2)cn1. The van der Waals surface area contributed by atoms with Crippen LogP contribution in [0.2, 0.25) is 0 Å². The Labute approximate surface area is 188 Å². The molecular formula is C21H20N10O2. The summed E-state index contributed by atoms with van der Waals surface area (Å²) < 4.78 is 0. The maximum atomic E-state index is 12.7. The fourth-order valence-electron chi connectivity index (χ4n) is 2.94. The molecule has 0 fully saturated rings. The average Bonchev–Trinajstić information content (AvgIpc) is 3.39. The lowest BCUT2D eigenvalue weighted by Gasteiger charge is -2.14. The van der Waals surface area contributed by atoms with E-state index in [4.69, 9.17) is 0 Å². The van der Waals surface area contributed by atoms with E-state index < -0.39 is 11.8 Å². The number of carbonyl (C=O) groups is 2. The van der Waals surface area contributed by atoms with Gasteiger partial charge in [-0.1, -0.05) is 24.3 Å². The molecule has 0 unspecified atom stereocenters. The Hall–Kier alpha value is -4.61. The minimum Gasteiger partial charge on any atom is -0.345 e. The minimum absolute atomic E-state index is 0.0762. The lowest BCUT2D eigenvalue weighted by Crippen LogP contribution is -2.29. The molecule has 1 aromatic carbocycles. The summed E-state index contributed by atoms with van der Waals surface area (Å²) in [5.74, 6) is -0.385. The van der Waals surface area contributed by atoms with E-state index in [2.05, 4.69) is 51.2 Å². The van der Waals surface area contributed by atoms with Crippen LogP contribution in [0.25, 0.3) is 11.4 Å². The average molecular weight is 444 g/mol. The van der Waals surface area contributed by atoms with Crippen molar-refractivity contribution in [3.8, 4) is 11.4 Å². The van der Waals surface area contributed by atoms with Crippen LogP contribution in [0.15, 0.2) is 49.1 Å². The quantitative estimate of drug-likeness (QED) is 0.379. The smallest absolute Gasteiger partial charge is 0.270 e. The Morgan fingerprint density at radius 3 is 2.42 bits per heavy atom. The van der Waals surface area contributed by atoms with Crippen LogP contribution >= 0.6 is 0 Å². The number of aryl methyl sites for hydroxylation is 1. The number of aromatic nitrogens is 8. The third-order valence-corrected chi connectivity index (χ3v) is 4.76. The Morgan fingerprint density at radius 1 is 1.00 bits per heavy atom. The second kappa shape index (κ2) is 9.68. The van der Waals surface area contributed by atoms with Gasteiger partial charge < -0.3 is 10.6 Å². The van der Waals surface area contributed by atoms with Crippen molar-refractivity contribution in [3.63, 3.8) is 0 Å². The number of carbonyl (C=O) groups excluding carboxylic acids is 2. The Bertz CT molecular complexity index is 1240. The lowest BCUT2D eigenvalue weighted by atomic mass is 10.1. The second-order valence-corrected chi connectivity index (χ2v) is 7.17. The number of benzene rings is 1. The van der Waals surface area contributed by atoms with Crippen LogP contribution in [0.3, 0.4) is 0 Å². The zero-order chi connectivity index (χ0) is 23.2. The highest BCUT2D eigenvalue weighted by Crippen LogP contribution is 2.18. The van der Waals surface area contributed by atoms with Crippen LogP contribution in [0.4, 0.5) is 0 Å². The predicted molar refractivity (Wildman–Crippen MR) is 115 cm³/mol. The number of hydrogen-bond donors (Lipinski definition) is 3. The highest BCUT2D eigenvalue weighted by Gasteiger charge is 2.16. The van der Waals surface area contributed by atoms with Crippen molar-refractivity contribution in [1.29, 1.82) is 0 Å². The molecule has 12 nitrogen and oxygen atoms in total. The van der Waals surface area contributed by atoms with Crippen LogP contribution in [0.1, 0.15) is 50.9 Å². The van der Waals surface area contributed by atoms with Gasteiger partial charge in [-0.3, -0.25) is 19.6 Å². The second-order valence-electron chi connectivity index (χ2n) is 7.17. The van der Waals surface area contributed by atoms with Gasteiger partial charge in [0.2, 0.25) is 5.82 Å².